The van der Waals surface area contributed by atoms with Gasteiger partial charge in [-0.3, -0.25) is 14.3 Å². The molecule has 0 spiro atoms. The van der Waals surface area contributed by atoms with E-state index in [1.807, 2.05) is 0 Å². The molecule has 6 nitrogen and oxygen atoms in total. The minimum absolute atomic E-state index is 0.119. The lowest BCUT2D eigenvalue weighted by atomic mass is 9.89. The number of aryl methyl sites for hydroxylation is 1. The highest BCUT2D eigenvalue weighted by Gasteiger charge is 2.43. The maximum absolute atomic E-state index is 13.4. The van der Waals surface area contributed by atoms with E-state index >= 15 is 0 Å². The molecule has 138 valence electrons. The SMILES string of the molecule is CCCS(=O)(=O)NC(=O)C1(C)CCN(C(=O)c2ccc(F)c(C)c2)C1. The van der Waals surface area contributed by atoms with Crippen LogP contribution in [0.2, 0.25) is 0 Å². The molecule has 1 fully saturated rings. The number of nitrogens with one attached hydrogen (secondary N) is 1. The molecule has 1 aliphatic heterocycles. The first-order chi connectivity index (χ1) is 11.6. The van der Waals surface area contributed by atoms with Crippen molar-refractivity contribution in [2.24, 2.45) is 5.41 Å². The Morgan fingerprint density at radius 3 is 2.64 bits per heavy atom. The molecule has 0 aromatic heterocycles. The molecule has 1 aliphatic rings. The summed E-state index contributed by atoms with van der Waals surface area (Å²) in [5.41, 5.74) is -0.246. The summed E-state index contributed by atoms with van der Waals surface area (Å²) >= 11 is 0. The Hall–Kier alpha value is -1.96. The molecule has 1 saturated heterocycles. The molecule has 0 bridgehead atoms. The van der Waals surface area contributed by atoms with Crippen LogP contribution in [0.5, 0.6) is 0 Å². The number of carbonyl (C=O) groups excluding carboxylic acids is 2. The second kappa shape index (κ2) is 7.11. The fourth-order valence-corrected chi connectivity index (χ4v) is 4.03. The molecule has 25 heavy (non-hydrogen) atoms. The third kappa shape index (κ3) is 4.36. The van der Waals surface area contributed by atoms with Gasteiger partial charge >= 0.3 is 0 Å². The maximum Gasteiger partial charge on any atom is 0.253 e. The van der Waals surface area contributed by atoms with E-state index < -0.39 is 21.3 Å². The summed E-state index contributed by atoms with van der Waals surface area (Å²) in [6, 6.07) is 4.12. The summed E-state index contributed by atoms with van der Waals surface area (Å²) in [6.07, 6.45) is 0.778. The number of rotatable bonds is 5. The number of likely N-dealkylation sites (tertiary alicyclic amines) is 1. The van der Waals surface area contributed by atoms with E-state index in [-0.39, 0.29) is 24.0 Å². The van der Waals surface area contributed by atoms with Crippen LogP contribution in [0.25, 0.3) is 0 Å². The molecular weight excluding hydrogens is 347 g/mol. The molecule has 0 saturated carbocycles. The summed E-state index contributed by atoms with van der Waals surface area (Å²) in [4.78, 5) is 26.4. The van der Waals surface area contributed by atoms with Crippen LogP contribution in [-0.4, -0.2) is 44.0 Å². The first-order valence-electron chi connectivity index (χ1n) is 8.18. The van der Waals surface area contributed by atoms with E-state index in [2.05, 4.69) is 4.72 Å². The van der Waals surface area contributed by atoms with Crippen molar-refractivity contribution < 1.29 is 22.4 Å². The van der Waals surface area contributed by atoms with E-state index in [4.69, 9.17) is 0 Å². The smallest absolute Gasteiger partial charge is 0.253 e. The van der Waals surface area contributed by atoms with E-state index in [1.165, 1.54) is 23.1 Å². The summed E-state index contributed by atoms with van der Waals surface area (Å²) in [7, 11) is -3.65. The number of nitrogens with zero attached hydrogens (tertiary/aromatic N) is 1. The number of sulfonamides is 1. The molecule has 1 aromatic carbocycles. The highest BCUT2D eigenvalue weighted by atomic mass is 32.2. The summed E-state index contributed by atoms with van der Waals surface area (Å²) in [5.74, 6) is -1.39. The molecule has 0 aliphatic carbocycles. The Bertz CT molecular complexity index is 794. The Balaban J connectivity index is 2.10. The average molecular weight is 370 g/mol. The lowest BCUT2D eigenvalue weighted by molar-refractivity contribution is -0.127. The van der Waals surface area contributed by atoms with Gasteiger partial charge < -0.3 is 4.90 Å². The molecule has 0 radical (unpaired) electrons. The van der Waals surface area contributed by atoms with Crippen LogP contribution in [0.1, 0.15) is 42.6 Å². The minimum atomic E-state index is -3.65. The van der Waals surface area contributed by atoms with E-state index in [0.717, 1.165) is 0 Å². The monoisotopic (exact) mass is 370 g/mol. The fraction of sp³-hybridized carbons (Fsp3) is 0.529. The molecule has 2 amide bonds. The van der Waals surface area contributed by atoms with Gasteiger partial charge in [0.05, 0.1) is 11.2 Å². The van der Waals surface area contributed by atoms with Gasteiger partial charge in [-0.2, -0.15) is 0 Å². The second-order valence-electron chi connectivity index (χ2n) is 6.75. The van der Waals surface area contributed by atoms with Crippen LogP contribution in [0.4, 0.5) is 4.39 Å². The van der Waals surface area contributed by atoms with Crippen LogP contribution in [0.3, 0.4) is 0 Å². The van der Waals surface area contributed by atoms with Gasteiger partial charge in [-0.15, -0.1) is 0 Å². The lowest BCUT2D eigenvalue weighted by Crippen LogP contribution is -2.44. The van der Waals surface area contributed by atoms with E-state index in [1.54, 1.807) is 20.8 Å². The number of hydrogen-bond acceptors (Lipinski definition) is 4. The zero-order valence-electron chi connectivity index (χ0n) is 14.6. The molecule has 1 atom stereocenters. The van der Waals surface area contributed by atoms with Crippen molar-refractivity contribution in [1.29, 1.82) is 0 Å². The molecule has 1 N–H and O–H groups in total. The summed E-state index contributed by atoms with van der Waals surface area (Å²) in [5, 5.41) is 0. The van der Waals surface area contributed by atoms with Crippen LogP contribution in [0.15, 0.2) is 18.2 Å². The van der Waals surface area contributed by atoms with Gasteiger partial charge in [0, 0.05) is 18.7 Å². The predicted molar refractivity (Wildman–Crippen MR) is 92.0 cm³/mol. The van der Waals surface area contributed by atoms with Crippen LogP contribution in [-0.2, 0) is 14.8 Å². The van der Waals surface area contributed by atoms with Gasteiger partial charge in [-0.25, -0.2) is 12.8 Å². The van der Waals surface area contributed by atoms with Crippen molar-refractivity contribution in [2.75, 3.05) is 18.8 Å². The zero-order valence-corrected chi connectivity index (χ0v) is 15.5. The molecular formula is C17H23FN2O4S. The summed E-state index contributed by atoms with van der Waals surface area (Å²) in [6.45, 7) is 5.40. The minimum Gasteiger partial charge on any atom is -0.338 e. The van der Waals surface area contributed by atoms with Gasteiger partial charge in [0.2, 0.25) is 15.9 Å². The normalized spacial score (nSPS) is 20.6. The highest BCUT2D eigenvalue weighted by molar-refractivity contribution is 7.90. The Kier molecular flexibility index (Phi) is 5.51. The van der Waals surface area contributed by atoms with Gasteiger partial charge in [-0.05, 0) is 50.5 Å². The molecule has 8 heteroatoms. The first-order valence-corrected chi connectivity index (χ1v) is 9.83. The zero-order chi connectivity index (χ0) is 18.8. The predicted octanol–water partition coefficient (Wildman–Crippen LogP) is 1.84. The third-order valence-electron chi connectivity index (χ3n) is 4.43. The fourth-order valence-electron chi connectivity index (χ4n) is 2.86. The maximum atomic E-state index is 13.4. The van der Waals surface area contributed by atoms with E-state index in [9.17, 15) is 22.4 Å². The second-order valence-corrected chi connectivity index (χ2v) is 8.59. The Morgan fingerprint density at radius 2 is 2.04 bits per heavy atom. The topological polar surface area (TPSA) is 83.6 Å². The number of hydrogen-bond donors (Lipinski definition) is 1. The van der Waals surface area contributed by atoms with Crippen LogP contribution in [0, 0.1) is 18.2 Å². The first kappa shape index (κ1) is 19.4. The third-order valence-corrected chi connectivity index (χ3v) is 5.88. The highest BCUT2D eigenvalue weighted by Crippen LogP contribution is 2.31. The average Bonchev–Trinajstić information content (AvgIpc) is 2.92. The largest absolute Gasteiger partial charge is 0.338 e. The van der Waals surface area contributed by atoms with Crippen molar-refractivity contribution in [3.05, 3.63) is 35.1 Å². The number of benzene rings is 1. The van der Waals surface area contributed by atoms with Crippen molar-refractivity contribution in [3.8, 4) is 0 Å². The molecule has 2 rings (SSSR count). The summed E-state index contributed by atoms with van der Waals surface area (Å²) < 4.78 is 39.1. The van der Waals surface area contributed by atoms with Crippen molar-refractivity contribution in [1.82, 2.24) is 9.62 Å². The number of carbonyl (C=O) groups is 2. The van der Waals surface area contributed by atoms with Crippen molar-refractivity contribution >= 4 is 21.8 Å². The van der Waals surface area contributed by atoms with Crippen LogP contribution >= 0.6 is 0 Å². The number of halogens is 1. The molecule has 1 heterocycles. The molecule has 1 unspecified atom stereocenters. The van der Waals surface area contributed by atoms with Gasteiger partial charge in [0.15, 0.2) is 0 Å². The van der Waals surface area contributed by atoms with E-state index in [0.29, 0.717) is 30.5 Å². The Morgan fingerprint density at radius 1 is 1.36 bits per heavy atom. The van der Waals surface area contributed by atoms with Crippen molar-refractivity contribution in [3.63, 3.8) is 0 Å². The lowest BCUT2D eigenvalue weighted by Gasteiger charge is -2.23. The van der Waals surface area contributed by atoms with Gasteiger partial charge in [0.25, 0.3) is 5.91 Å². The quantitative estimate of drug-likeness (QED) is 0.857. The van der Waals surface area contributed by atoms with Gasteiger partial charge in [-0.1, -0.05) is 6.92 Å². The standard InChI is InChI=1S/C17H23FN2O4S/c1-4-9-25(23,24)19-16(22)17(3)7-8-20(11-17)15(21)13-5-6-14(18)12(2)10-13/h5-6,10H,4,7-9,11H2,1-3H3,(H,19,22). The van der Waals surface area contributed by atoms with Crippen LogP contribution < -0.4 is 4.72 Å². The number of amides is 2. The van der Waals surface area contributed by atoms with Crippen molar-refractivity contribution in [2.45, 2.75) is 33.6 Å². The Labute approximate surface area is 147 Å². The molecule has 1 aromatic rings. The van der Waals surface area contributed by atoms with Gasteiger partial charge in [0.1, 0.15) is 5.82 Å².